The molecule has 31 heavy (non-hydrogen) atoms. The van der Waals surface area contributed by atoms with Gasteiger partial charge in [-0.25, -0.2) is 19.6 Å². The molecule has 0 unspecified atom stereocenters. The first kappa shape index (κ1) is 20.1. The van der Waals surface area contributed by atoms with Crippen LogP contribution in [0, 0.1) is 0 Å². The van der Waals surface area contributed by atoms with Crippen LogP contribution in [0.25, 0.3) is 22.9 Å². The normalized spacial score (nSPS) is 11.5. The van der Waals surface area contributed by atoms with Crippen molar-refractivity contribution in [2.24, 2.45) is 14.1 Å². The summed E-state index contributed by atoms with van der Waals surface area (Å²) < 4.78 is 42.9. The average Bonchev–Trinajstić information content (AvgIpc) is 3.35. The van der Waals surface area contributed by atoms with Crippen LogP contribution in [0.1, 0.15) is 16.2 Å². The number of hydrogen-bond donors (Lipinski definition) is 1. The maximum Gasteiger partial charge on any atom is 0.433 e. The van der Waals surface area contributed by atoms with Crippen molar-refractivity contribution in [3.63, 3.8) is 0 Å². The van der Waals surface area contributed by atoms with Gasteiger partial charge in [0.1, 0.15) is 17.1 Å². The van der Waals surface area contributed by atoms with Crippen molar-refractivity contribution in [2.75, 3.05) is 5.32 Å². The van der Waals surface area contributed by atoms with Gasteiger partial charge in [0.15, 0.2) is 11.6 Å². The zero-order valence-corrected chi connectivity index (χ0v) is 16.2. The van der Waals surface area contributed by atoms with E-state index in [1.165, 1.54) is 21.8 Å². The van der Waals surface area contributed by atoms with E-state index < -0.39 is 23.5 Å². The number of aryl methyl sites for hydroxylation is 2. The Morgan fingerprint density at radius 3 is 2.42 bits per heavy atom. The number of amides is 1. The summed E-state index contributed by atoms with van der Waals surface area (Å²) in [6, 6.07) is 7.10. The quantitative estimate of drug-likeness (QED) is 0.529. The van der Waals surface area contributed by atoms with Gasteiger partial charge in [0.05, 0.1) is 12.5 Å². The summed E-state index contributed by atoms with van der Waals surface area (Å²) in [7, 11) is 3.26. The van der Waals surface area contributed by atoms with Gasteiger partial charge in [-0.2, -0.15) is 13.2 Å². The number of nitrogens with zero attached hydrogens (tertiary/aromatic N) is 8. The van der Waals surface area contributed by atoms with E-state index in [1.54, 1.807) is 38.4 Å². The molecule has 0 bridgehead atoms. The molecule has 13 heteroatoms. The van der Waals surface area contributed by atoms with Gasteiger partial charge in [-0.05, 0) is 34.7 Å². The number of rotatable bonds is 4. The van der Waals surface area contributed by atoms with E-state index in [9.17, 15) is 18.0 Å². The number of nitrogens with one attached hydrogen (secondary N) is 1. The minimum atomic E-state index is -4.75. The second-order valence-electron chi connectivity index (χ2n) is 6.51. The Hall–Kier alpha value is -4.16. The molecule has 1 amide bonds. The van der Waals surface area contributed by atoms with E-state index >= 15 is 0 Å². The number of anilines is 1. The zero-order chi connectivity index (χ0) is 22.2. The van der Waals surface area contributed by atoms with Gasteiger partial charge in [0, 0.05) is 31.4 Å². The highest BCUT2D eigenvalue weighted by molar-refractivity contribution is 6.03. The second kappa shape index (κ2) is 7.59. The fourth-order valence-corrected chi connectivity index (χ4v) is 2.77. The fraction of sp³-hybridized carbons (Fsp3) is 0.167. The molecule has 1 N–H and O–H groups in total. The lowest BCUT2D eigenvalue weighted by molar-refractivity contribution is -0.141. The van der Waals surface area contributed by atoms with Gasteiger partial charge in [0.25, 0.3) is 5.91 Å². The van der Waals surface area contributed by atoms with Crippen LogP contribution in [0.5, 0.6) is 0 Å². The lowest BCUT2D eigenvalue weighted by atomic mass is 10.2. The first-order chi connectivity index (χ1) is 14.7. The number of benzene rings is 1. The zero-order valence-electron chi connectivity index (χ0n) is 16.2. The van der Waals surface area contributed by atoms with Gasteiger partial charge < -0.3 is 9.88 Å². The molecule has 10 nitrogen and oxygen atoms in total. The van der Waals surface area contributed by atoms with Crippen LogP contribution >= 0.6 is 0 Å². The van der Waals surface area contributed by atoms with E-state index in [1.807, 2.05) is 0 Å². The molecule has 0 fully saturated rings. The average molecular weight is 429 g/mol. The number of halogens is 3. The molecule has 0 aliphatic carbocycles. The molecular formula is C18H14F3N9O. The molecule has 0 aliphatic heterocycles. The summed E-state index contributed by atoms with van der Waals surface area (Å²) in [5.41, 5.74) is -0.362. The molecule has 3 aromatic heterocycles. The molecule has 0 radical (unpaired) electrons. The number of carbonyl (C=O) groups is 1. The van der Waals surface area contributed by atoms with Crippen molar-refractivity contribution in [1.29, 1.82) is 0 Å². The number of aromatic nitrogens is 8. The number of alkyl halides is 3. The highest BCUT2D eigenvalue weighted by Gasteiger charge is 2.34. The smallest absolute Gasteiger partial charge is 0.331 e. The van der Waals surface area contributed by atoms with Crippen molar-refractivity contribution < 1.29 is 18.0 Å². The third-order valence-corrected chi connectivity index (χ3v) is 4.32. The predicted molar refractivity (Wildman–Crippen MR) is 101 cm³/mol. The minimum absolute atomic E-state index is 0.238. The molecule has 4 aromatic rings. The van der Waals surface area contributed by atoms with Gasteiger partial charge in [-0.1, -0.05) is 0 Å². The molecule has 3 heterocycles. The second-order valence-corrected chi connectivity index (χ2v) is 6.51. The Balaban J connectivity index is 1.63. The number of hydrogen-bond acceptors (Lipinski definition) is 7. The third kappa shape index (κ3) is 4.10. The number of imidazole rings is 1. The highest BCUT2D eigenvalue weighted by atomic mass is 19.4. The maximum absolute atomic E-state index is 13.3. The molecular weight excluding hydrogens is 415 g/mol. The van der Waals surface area contributed by atoms with Crippen LogP contribution in [-0.2, 0) is 20.3 Å². The lowest BCUT2D eigenvalue weighted by Gasteiger charge is -2.11. The maximum atomic E-state index is 13.3. The monoisotopic (exact) mass is 429 g/mol. The Morgan fingerprint density at radius 2 is 1.84 bits per heavy atom. The highest BCUT2D eigenvalue weighted by Crippen LogP contribution is 2.30. The van der Waals surface area contributed by atoms with Crippen LogP contribution in [0.4, 0.5) is 18.9 Å². The number of tetrazole rings is 1. The number of carbonyl (C=O) groups excluding carboxylic acids is 1. The van der Waals surface area contributed by atoms with Crippen LogP contribution in [0.15, 0.2) is 42.9 Å². The molecule has 0 saturated carbocycles. The predicted octanol–water partition coefficient (Wildman–Crippen LogP) is 2.34. The van der Waals surface area contributed by atoms with Gasteiger partial charge in [-0.15, -0.1) is 5.10 Å². The Bertz CT molecular complexity index is 1240. The lowest BCUT2D eigenvalue weighted by Crippen LogP contribution is -2.18. The van der Waals surface area contributed by atoms with Crippen LogP contribution in [0.2, 0.25) is 0 Å². The van der Waals surface area contributed by atoms with Crippen molar-refractivity contribution >= 4 is 11.6 Å². The van der Waals surface area contributed by atoms with Gasteiger partial charge in [-0.3, -0.25) is 4.79 Å². The Labute approximate surface area is 172 Å². The summed E-state index contributed by atoms with van der Waals surface area (Å²) in [5, 5.41) is 13.7. The molecule has 4 rings (SSSR count). The topological polar surface area (TPSA) is 116 Å². The van der Waals surface area contributed by atoms with Crippen molar-refractivity contribution in [2.45, 2.75) is 6.18 Å². The van der Waals surface area contributed by atoms with Crippen LogP contribution < -0.4 is 5.32 Å². The first-order valence-electron chi connectivity index (χ1n) is 8.79. The summed E-state index contributed by atoms with van der Waals surface area (Å²) >= 11 is 0. The molecule has 1 aromatic carbocycles. The molecule has 0 atom stereocenters. The van der Waals surface area contributed by atoms with Gasteiger partial charge >= 0.3 is 6.18 Å². The standard InChI is InChI=1S/C18H14F3N9O/c1-29-9-22-8-13(29)15-24-12(7-14(25-15)18(19,20)21)17(31)23-11-5-3-10(4-6-11)16-26-27-28-30(16)2/h3-9H,1-2H3,(H,23,31). The Kier molecular flexibility index (Phi) is 4.93. The molecule has 158 valence electrons. The van der Waals surface area contributed by atoms with E-state index in [0.29, 0.717) is 23.1 Å². The largest absolute Gasteiger partial charge is 0.433 e. The summed E-state index contributed by atoms with van der Waals surface area (Å²) in [6.07, 6.45) is -2.04. The fourth-order valence-electron chi connectivity index (χ4n) is 2.77. The van der Waals surface area contributed by atoms with Gasteiger partial charge in [0.2, 0.25) is 0 Å². The van der Waals surface area contributed by atoms with E-state index in [2.05, 4.69) is 35.8 Å². The van der Waals surface area contributed by atoms with Crippen molar-refractivity contribution in [3.8, 4) is 22.9 Å². The van der Waals surface area contributed by atoms with E-state index in [4.69, 9.17) is 0 Å². The summed E-state index contributed by atoms with van der Waals surface area (Å²) in [5.74, 6) is -0.557. The van der Waals surface area contributed by atoms with Crippen molar-refractivity contribution in [1.82, 2.24) is 39.7 Å². The SMILES string of the molecule is Cn1cncc1-c1nc(C(=O)Nc2ccc(-c3nnnn3C)cc2)cc(C(F)(F)F)n1. The molecule has 0 saturated heterocycles. The summed E-state index contributed by atoms with van der Waals surface area (Å²) in [6.45, 7) is 0. The molecule has 0 spiro atoms. The van der Waals surface area contributed by atoms with Crippen molar-refractivity contribution in [3.05, 3.63) is 54.2 Å². The minimum Gasteiger partial charge on any atom is -0.331 e. The van der Waals surface area contributed by atoms with Crippen LogP contribution in [0.3, 0.4) is 0 Å². The third-order valence-electron chi connectivity index (χ3n) is 4.32. The van der Waals surface area contributed by atoms with Crippen LogP contribution in [-0.4, -0.2) is 45.6 Å². The summed E-state index contributed by atoms with van der Waals surface area (Å²) in [4.78, 5) is 24.0. The van der Waals surface area contributed by atoms with E-state index in [0.717, 1.165) is 0 Å². The Morgan fingerprint density at radius 1 is 1.10 bits per heavy atom. The van der Waals surface area contributed by atoms with E-state index in [-0.39, 0.29) is 11.5 Å². The molecule has 0 aliphatic rings. The first-order valence-corrected chi connectivity index (χ1v) is 8.79.